The van der Waals surface area contributed by atoms with Crippen LogP contribution in [0.15, 0.2) is 18.2 Å². The highest BCUT2D eigenvalue weighted by Crippen LogP contribution is 2.22. The first kappa shape index (κ1) is 15.8. The predicted octanol–water partition coefficient (Wildman–Crippen LogP) is 2.13. The first-order valence-corrected chi connectivity index (χ1v) is 6.49. The zero-order chi connectivity index (χ0) is 14.5. The van der Waals surface area contributed by atoms with Gasteiger partial charge in [-0.15, -0.1) is 0 Å². The third-order valence-corrected chi connectivity index (χ3v) is 3.51. The molecule has 0 bridgehead atoms. The number of nitrogens with zero attached hydrogens (tertiary/aromatic N) is 1. The van der Waals surface area contributed by atoms with Gasteiger partial charge < -0.3 is 19.7 Å². The Hall–Kier alpha value is -1.26. The molecular formula is C15H26N2O2. The average Bonchev–Trinajstić information content (AvgIpc) is 2.37. The Morgan fingerprint density at radius 3 is 2.00 bits per heavy atom. The molecule has 0 fully saturated rings. The molecule has 0 heterocycles. The third kappa shape index (κ3) is 4.73. The van der Waals surface area contributed by atoms with Crippen LogP contribution < -0.4 is 14.8 Å². The monoisotopic (exact) mass is 266 g/mol. The van der Waals surface area contributed by atoms with Crippen molar-refractivity contribution in [2.24, 2.45) is 0 Å². The smallest absolute Gasteiger partial charge is 0.122 e. The van der Waals surface area contributed by atoms with Gasteiger partial charge >= 0.3 is 0 Å². The molecule has 0 atom stereocenters. The lowest BCUT2D eigenvalue weighted by Crippen LogP contribution is -2.46. The highest BCUT2D eigenvalue weighted by Gasteiger charge is 2.19. The van der Waals surface area contributed by atoms with E-state index in [-0.39, 0.29) is 5.54 Å². The fourth-order valence-electron chi connectivity index (χ4n) is 1.64. The Morgan fingerprint density at radius 2 is 1.58 bits per heavy atom. The topological polar surface area (TPSA) is 33.7 Å². The quantitative estimate of drug-likeness (QED) is 0.820. The number of nitrogens with one attached hydrogen (secondary N) is 1. The van der Waals surface area contributed by atoms with Gasteiger partial charge in [0.25, 0.3) is 0 Å². The lowest BCUT2D eigenvalue weighted by atomic mass is 10.0. The molecule has 1 N–H and O–H groups in total. The fourth-order valence-corrected chi connectivity index (χ4v) is 1.64. The summed E-state index contributed by atoms with van der Waals surface area (Å²) in [6.07, 6.45) is 0. The van der Waals surface area contributed by atoms with Crippen LogP contribution in [0.2, 0.25) is 0 Å². The molecule has 0 aliphatic carbocycles. The first-order valence-electron chi connectivity index (χ1n) is 6.49. The zero-order valence-corrected chi connectivity index (χ0v) is 12.9. The van der Waals surface area contributed by atoms with Gasteiger partial charge in [0.1, 0.15) is 11.5 Å². The maximum absolute atomic E-state index is 5.27. The van der Waals surface area contributed by atoms with E-state index in [1.54, 1.807) is 14.2 Å². The second-order valence-electron chi connectivity index (χ2n) is 5.53. The van der Waals surface area contributed by atoms with Crippen LogP contribution in [0.25, 0.3) is 0 Å². The number of hydrogen-bond acceptors (Lipinski definition) is 4. The number of hydrogen-bond donors (Lipinski definition) is 1. The van der Waals surface area contributed by atoms with Gasteiger partial charge in [-0.2, -0.15) is 0 Å². The Kier molecular flexibility index (Phi) is 5.63. The molecular weight excluding hydrogens is 240 g/mol. The van der Waals surface area contributed by atoms with E-state index >= 15 is 0 Å². The van der Waals surface area contributed by atoms with Crippen LogP contribution in [-0.4, -0.2) is 45.3 Å². The summed E-state index contributed by atoms with van der Waals surface area (Å²) in [5, 5.41) is 3.47. The van der Waals surface area contributed by atoms with E-state index in [4.69, 9.17) is 9.47 Å². The highest BCUT2D eigenvalue weighted by molar-refractivity contribution is 5.38. The third-order valence-electron chi connectivity index (χ3n) is 3.51. The second kappa shape index (κ2) is 6.78. The Bertz CT molecular complexity index is 381. The molecule has 0 aromatic heterocycles. The van der Waals surface area contributed by atoms with Crippen molar-refractivity contribution in [2.45, 2.75) is 25.9 Å². The molecule has 0 aliphatic heterocycles. The standard InChI is InChI=1S/C15H26N2O2/c1-15(2,17(3)4)11-16-10-12-7-13(18-5)9-14(8-12)19-6/h7-9,16H,10-11H2,1-6H3. The van der Waals surface area contributed by atoms with Crippen LogP contribution in [0, 0.1) is 0 Å². The largest absolute Gasteiger partial charge is 0.497 e. The van der Waals surface area contributed by atoms with Crippen molar-refractivity contribution in [1.82, 2.24) is 10.2 Å². The van der Waals surface area contributed by atoms with Crippen molar-refractivity contribution < 1.29 is 9.47 Å². The van der Waals surface area contributed by atoms with Crippen molar-refractivity contribution in [1.29, 1.82) is 0 Å². The van der Waals surface area contributed by atoms with E-state index in [2.05, 4.69) is 38.2 Å². The van der Waals surface area contributed by atoms with E-state index in [9.17, 15) is 0 Å². The van der Waals surface area contributed by atoms with E-state index in [1.165, 1.54) is 0 Å². The lowest BCUT2D eigenvalue weighted by Gasteiger charge is -2.32. The molecule has 0 aliphatic rings. The zero-order valence-electron chi connectivity index (χ0n) is 12.9. The van der Waals surface area contributed by atoms with Gasteiger partial charge in [-0.25, -0.2) is 0 Å². The number of likely N-dealkylation sites (N-methyl/N-ethyl adjacent to an activating group) is 1. The Morgan fingerprint density at radius 1 is 1.05 bits per heavy atom. The maximum Gasteiger partial charge on any atom is 0.122 e. The van der Waals surface area contributed by atoms with Crippen LogP contribution in [-0.2, 0) is 6.54 Å². The van der Waals surface area contributed by atoms with Gasteiger partial charge in [0.2, 0.25) is 0 Å². The molecule has 0 unspecified atom stereocenters. The summed E-state index contributed by atoms with van der Waals surface area (Å²) >= 11 is 0. The summed E-state index contributed by atoms with van der Waals surface area (Å²) in [4.78, 5) is 2.21. The van der Waals surface area contributed by atoms with E-state index in [1.807, 2.05) is 18.2 Å². The molecule has 4 heteroatoms. The second-order valence-corrected chi connectivity index (χ2v) is 5.53. The van der Waals surface area contributed by atoms with Crippen LogP contribution in [0.5, 0.6) is 11.5 Å². The lowest BCUT2D eigenvalue weighted by molar-refractivity contribution is 0.189. The molecule has 1 rings (SSSR count). The maximum atomic E-state index is 5.27. The van der Waals surface area contributed by atoms with Crippen molar-refractivity contribution >= 4 is 0 Å². The van der Waals surface area contributed by atoms with Gasteiger partial charge in [0, 0.05) is 24.7 Å². The Balaban J connectivity index is 2.62. The molecule has 0 amide bonds. The van der Waals surface area contributed by atoms with Gasteiger partial charge in [-0.1, -0.05) is 0 Å². The van der Waals surface area contributed by atoms with Gasteiger partial charge in [0.05, 0.1) is 14.2 Å². The summed E-state index contributed by atoms with van der Waals surface area (Å²) < 4.78 is 10.5. The van der Waals surface area contributed by atoms with Crippen molar-refractivity contribution in [3.05, 3.63) is 23.8 Å². The van der Waals surface area contributed by atoms with Gasteiger partial charge in [-0.3, -0.25) is 0 Å². The minimum atomic E-state index is 0.128. The molecule has 1 aromatic rings. The van der Waals surface area contributed by atoms with Crippen molar-refractivity contribution in [3.63, 3.8) is 0 Å². The highest BCUT2D eigenvalue weighted by atomic mass is 16.5. The van der Waals surface area contributed by atoms with Crippen molar-refractivity contribution in [2.75, 3.05) is 34.9 Å². The summed E-state index contributed by atoms with van der Waals surface area (Å²) in [5.41, 5.74) is 1.29. The van der Waals surface area contributed by atoms with Crippen LogP contribution in [0.1, 0.15) is 19.4 Å². The fraction of sp³-hybridized carbons (Fsp3) is 0.600. The van der Waals surface area contributed by atoms with E-state index in [0.29, 0.717) is 0 Å². The normalized spacial score (nSPS) is 11.7. The summed E-state index contributed by atoms with van der Waals surface area (Å²) in [6.45, 7) is 6.14. The molecule has 108 valence electrons. The number of rotatable bonds is 7. The van der Waals surface area contributed by atoms with E-state index < -0.39 is 0 Å². The first-order chi connectivity index (χ1) is 8.89. The molecule has 19 heavy (non-hydrogen) atoms. The van der Waals surface area contributed by atoms with Crippen LogP contribution in [0.4, 0.5) is 0 Å². The molecule has 4 nitrogen and oxygen atoms in total. The molecule has 0 saturated carbocycles. The number of benzene rings is 1. The summed E-state index contributed by atoms with van der Waals surface area (Å²) in [5.74, 6) is 1.64. The molecule has 0 radical (unpaired) electrons. The number of ether oxygens (including phenoxy) is 2. The average molecular weight is 266 g/mol. The van der Waals surface area contributed by atoms with Crippen LogP contribution in [0.3, 0.4) is 0 Å². The molecule has 1 aromatic carbocycles. The van der Waals surface area contributed by atoms with Gasteiger partial charge in [-0.05, 0) is 45.6 Å². The molecule has 0 saturated heterocycles. The minimum Gasteiger partial charge on any atom is -0.497 e. The van der Waals surface area contributed by atoms with Crippen molar-refractivity contribution in [3.8, 4) is 11.5 Å². The SMILES string of the molecule is COc1cc(CNCC(C)(C)N(C)C)cc(OC)c1. The Labute approximate surface area is 116 Å². The minimum absolute atomic E-state index is 0.128. The van der Waals surface area contributed by atoms with E-state index in [0.717, 1.165) is 30.2 Å². The summed E-state index contributed by atoms with van der Waals surface area (Å²) in [6, 6.07) is 5.93. The van der Waals surface area contributed by atoms with Gasteiger partial charge in [0.15, 0.2) is 0 Å². The number of methoxy groups -OCH3 is 2. The van der Waals surface area contributed by atoms with Crippen LogP contribution >= 0.6 is 0 Å². The molecule has 0 spiro atoms. The summed E-state index contributed by atoms with van der Waals surface area (Å²) in [7, 11) is 7.52. The predicted molar refractivity (Wildman–Crippen MR) is 79.0 cm³/mol.